The lowest BCUT2D eigenvalue weighted by atomic mass is 10.0. The number of phenolic OH excluding ortho intramolecular Hbond substituents is 1. The van der Waals surface area contributed by atoms with E-state index < -0.39 is 0 Å². The Morgan fingerprint density at radius 1 is 1.30 bits per heavy atom. The van der Waals surface area contributed by atoms with E-state index in [-0.39, 0.29) is 11.6 Å². The van der Waals surface area contributed by atoms with Crippen molar-refractivity contribution in [1.82, 2.24) is 9.97 Å². The second kappa shape index (κ2) is 5.94. The first-order chi connectivity index (χ1) is 11.1. The van der Waals surface area contributed by atoms with Crippen molar-refractivity contribution >= 4 is 17.2 Å². The van der Waals surface area contributed by atoms with Crippen molar-refractivity contribution in [3.05, 3.63) is 40.7 Å². The molecule has 0 aliphatic carbocycles. The van der Waals surface area contributed by atoms with Gasteiger partial charge in [-0.15, -0.1) is 11.3 Å². The van der Waals surface area contributed by atoms with E-state index in [1.165, 1.54) is 24.5 Å². The Morgan fingerprint density at radius 3 is 2.78 bits per heavy atom. The molecule has 0 saturated carbocycles. The fourth-order valence-corrected chi connectivity index (χ4v) is 2.77. The molecule has 7 heteroatoms. The maximum Gasteiger partial charge on any atom is 0.161 e. The fourth-order valence-electron chi connectivity index (χ4n) is 2.21. The lowest BCUT2D eigenvalue weighted by Gasteiger charge is -2.10. The third-order valence-electron chi connectivity index (χ3n) is 3.34. The molecule has 0 amide bonds. The minimum Gasteiger partial charge on any atom is -0.504 e. The number of nitrogen functional groups attached to an aromatic ring is 1. The van der Waals surface area contributed by atoms with Gasteiger partial charge in [0.25, 0.3) is 0 Å². The predicted molar refractivity (Wildman–Crippen MR) is 88.1 cm³/mol. The van der Waals surface area contributed by atoms with Crippen LogP contribution >= 0.6 is 11.3 Å². The van der Waals surface area contributed by atoms with E-state index in [1.807, 2.05) is 5.38 Å². The van der Waals surface area contributed by atoms with Crippen LogP contribution in [0, 0.1) is 11.3 Å². The molecule has 0 atom stereocenters. The number of aromatic hydroxyl groups is 1. The number of nitrogens with two attached hydrogens (primary N) is 1. The average Bonchev–Trinajstić information content (AvgIpc) is 3.09. The van der Waals surface area contributed by atoms with Crippen LogP contribution in [0.5, 0.6) is 11.5 Å². The Hall–Kier alpha value is -3.11. The van der Waals surface area contributed by atoms with Gasteiger partial charge in [-0.1, -0.05) is 0 Å². The van der Waals surface area contributed by atoms with Crippen molar-refractivity contribution in [3.63, 3.8) is 0 Å². The number of hydrogen-bond acceptors (Lipinski definition) is 7. The van der Waals surface area contributed by atoms with Gasteiger partial charge in [-0.3, -0.25) is 0 Å². The van der Waals surface area contributed by atoms with E-state index >= 15 is 0 Å². The highest BCUT2D eigenvalue weighted by atomic mass is 32.1. The first-order valence-corrected chi connectivity index (χ1v) is 7.55. The van der Waals surface area contributed by atoms with Crippen molar-refractivity contribution < 1.29 is 9.84 Å². The molecule has 0 saturated heterocycles. The summed E-state index contributed by atoms with van der Waals surface area (Å²) in [5.74, 6) is 0.514. The number of phenols is 1. The highest BCUT2D eigenvalue weighted by molar-refractivity contribution is 7.07. The maximum absolute atomic E-state index is 9.70. The number of nitriles is 1. The van der Waals surface area contributed by atoms with Gasteiger partial charge >= 0.3 is 0 Å². The number of aromatic nitrogens is 2. The molecule has 0 bridgehead atoms. The minimum absolute atomic E-state index is 0.0394. The smallest absolute Gasteiger partial charge is 0.161 e. The molecule has 2 heterocycles. The number of pyridine rings is 1. The molecule has 114 valence electrons. The number of benzene rings is 1. The topological polar surface area (TPSA) is 105 Å². The van der Waals surface area contributed by atoms with E-state index in [1.54, 1.807) is 23.7 Å². The molecule has 0 unspecified atom stereocenters. The Morgan fingerprint density at radius 2 is 2.13 bits per heavy atom. The Balaban J connectivity index is 2.20. The zero-order valence-corrected chi connectivity index (χ0v) is 13.0. The standard InChI is InChI=1S/C16H12N4O2S/c1-22-15-4-9(2-3-14(15)21)12-5-10(13-7-23-8-19-13)11(6-17)16(18)20-12/h2-5,7-8,21H,1H3,(H2,18,20). The van der Waals surface area contributed by atoms with Crippen LogP contribution in [0.25, 0.3) is 22.5 Å². The molecule has 23 heavy (non-hydrogen) atoms. The summed E-state index contributed by atoms with van der Waals surface area (Å²) < 4.78 is 5.11. The van der Waals surface area contributed by atoms with Gasteiger partial charge < -0.3 is 15.6 Å². The van der Waals surface area contributed by atoms with Crippen LogP contribution in [0.1, 0.15) is 5.56 Å². The van der Waals surface area contributed by atoms with E-state index in [0.717, 1.165) is 0 Å². The van der Waals surface area contributed by atoms with Crippen molar-refractivity contribution in [2.45, 2.75) is 0 Å². The number of hydrogen-bond donors (Lipinski definition) is 2. The van der Waals surface area contributed by atoms with Crippen molar-refractivity contribution in [2.24, 2.45) is 0 Å². The zero-order valence-electron chi connectivity index (χ0n) is 12.1. The molecule has 1 aromatic carbocycles. The quantitative estimate of drug-likeness (QED) is 0.767. The van der Waals surface area contributed by atoms with Gasteiger partial charge in [-0.05, 0) is 24.3 Å². The van der Waals surface area contributed by atoms with E-state index in [9.17, 15) is 10.4 Å². The largest absolute Gasteiger partial charge is 0.504 e. The predicted octanol–water partition coefficient (Wildman–Crippen LogP) is 3.04. The molecule has 3 rings (SSSR count). The van der Waals surface area contributed by atoms with E-state index in [0.29, 0.717) is 33.8 Å². The van der Waals surface area contributed by atoms with E-state index in [2.05, 4.69) is 16.0 Å². The van der Waals surface area contributed by atoms with Gasteiger partial charge in [0.1, 0.15) is 17.5 Å². The third kappa shape index (κ3) is 2.67. The molecule has 6 nitrogen and oxygen atoms in total. The second-order valence-electron chi connectivity index (χ2n) is 4.69. The van der Waals surface area contributed by atoms with Crippen LogP contribution in [-0.4, -0.2) is 22.2 Å². The lowest BCUT2D eigenvalue weighted by Crippen LogP contribution is -2.00. The molecule has 0 spiro atoms. The summed E-state index contributed by atoms with van der Waals surface area (Å²) in [6.07, 6.45) is 0. The first kappa shape index (κ1) is 14.8. The van der Waals surface area contributed by atoms with Crippen LogP contribution in [0.3, 0.4) is 0 Å². The normalized spacial score (nSPS) is 10.3. The number of rotatable bonds is 3. The summed E-state index contributed by atoms with van der Waals surface area (Å²) in [5, 5.41) is 20.9. The SMILES string of the molecule is COc1cc(-c2cc(-c3cscn3)c(C#N)c(N)n2)ccc1O. The molecule has 0 fully saturated rings. The monoisotopic (exact) mass is 324 g/mol. The van der Waals surface area contributed by atoms with Crippen LogP contribution in [0.15, 0.2) is 35.2 Å². The zero-order chi connectivity index (χ0) is 16.4. The average molecular weight is 324 g/mol. The summed E-state index contributed by atoms with van der Waals surface area (Å²) in [4.78, 5) is 8.52. The van der Waals surface area contributed by atoms with Gasteiger partial charge in [0, 0.05) is 16.5 Å². The number of ether oxygens (including phenoxy) is 1. The number of nitrogens with zero attached hydrogens (tertiary/aromatic N) is 3. The highest BCUT2D eigenvalue weighted by Gasteiger charge is 2.15. The molecule has 2 aromatic heterocycles. The number of thiazole rings is 1. The summed E-state index contributed by atoms with van der Waals surface area (Å²) in [5.41, 5.74) is 10.5. The number of methoxy groups -OCH3 is 1. The molecule has 0 aliphatic rings. The Kier molecular flexibility index (Phi) is 3.83. The molecular formula is C16H12N4O2S. The molecular weight excluding hydrogens is 312 g/mol. The summed E-state index contributed by atoms with van der Waals surface area (Å²) >= 11 is 1.43. The molecule has 0 aliphatic heterocycles. The van der Waals surface area contributed by atoms with Crippen molar-refractivity contribution in [3.8, 4) is 40.1 Å². The molecule has 0 radical (unpaired) electrons. The van der Waals surface area contributed by atoms with E-state index in [4.69, 9.17) is 10.5 Å². The van der Waals surface area contributed by atoms with Gasteiger partial charge in [0.15, 0.2) is 11.5 Å². The van der Waals surface area contributed by atoms with Crippen LogP contribution < -0.4 is 10.5 Å². The summed E-state index contributed by atoms with van der Waals surface area (Å²) in [6.45, 7) is 0. The lowest BCUT2D eigenvalue weighted by molar-refractivity contribution is 0.373. The van der Waals surface area contributed by atoms with Crippen molar-refractivity contribution in [2.75, 3.05) is 12.8 Å². The Labute approximate surface area is 136 Å². The molecule has 3 N–H and O–H groups in total. The molecule has 3 aromatic rings. The van der Waals surface area contributed by atoms with Gasteiger partial charge in [0.2, 0.25) is 0 Å². The van der Waals surface area contributed by atoms with Crippen molar-refractivity contribution in [1.29, 1.82) is 5.26 Å². The minimum atomic E-state index is 0.0394. The second-order valence-corrected chi connectivity index (χ2v) is 5.41. The first-order valence-electron chi connectivity index (χ1n) is 6.60. The highest BCUT2D eigenvalue weighted by Crippen LogP contribution is 2.34. The Bertz CT molecular complexity index is 901. The van der Waals surface area contributed by atoms with Gasteiger partial charge in [0.05, 0.1) is 24.0 Å². The van der Waals surface area contributed by atoms with Crippen LogP contribution in [-0.2, 0) is 0 Å². The third-order valence-corrected chi connectivity index (χ3v) is 3.93. The van der Waals surface area contributed by atoms with Gasteiger partial charge in [-0.25, -0.2) is 9.97 Å². The summed E-state index contributed by atoms with van der Waals surface area (Å²) in [7, 11) is 1.47. The number of anilines is 1. The van der Waals surface area contributed by atoms with Gasteiger partial charge in [-0.2, -0.15) is 5.26 Å². The van der Waals surface area contributed by atoms with Crippen LogP contribution in [0.2, 0.25) is 0 Å². The fraction of sp³-hybridized carbons (Fsp3) is 0.0625. The van der Waals surface area contributed by atoms with Crippen LogP contribution in [0.4, 0.5) is 5.82 Å². The summed E-state index contributed by atoms with van der Waals surface area (Å²) in [6, 6.07) is 8.72. The maximum atomic E-state index is 9.70.